The van der Waals surface area contributed by atoms with E-state index >= 15 is 0 Å². The van der Waals surface area contributed by atoms with Crippen LogP contribution >= 0.6 is 23.1 Å². The molecule has 0 spiro atoms. The Kier molecular flexibility index (Phi) is 7.66. The van der Waals surface area contributed by atoms with Gasteiger partial charge in [0.2, 0.25) is 5.91 Å². The van der Waals surface area contributed by atoms with E-state index in [4.69, 9.17) is 0 Å². The maximum atomic E-state index is 12.2. The van der Waals surface area contributed by atoms with Crippen molar-refractivity contribution in [3.63, 3.8) is 0 Å². The average Bonchev–Trinajstić information content (AvgIpc) is 3.15. The van der Waals surface area contributed by atoms with E-state index < -0.39 is 0 Å². The molecule has 1 aromatic heterocycles. The first kappa shape index (κ1) is 21.3. The second-order valence-electron chi connectivity index (χ2n) is 6.83. The molecule has 2 aromatic carbocycles. The quantitative estimate of drug-likeness (QED) is 0.532. The summed E-state index contributed by atoms with van der Waals surface area (Å²) in [5, 5.41) is 6.91. The summed E-state index contributed by atoms with van der Waals surface area (Å²) in [6.07, 6.45) is 0.885. The lowest BCUT2D eigenvalue weighted by Crippen LogP contribution is -2.32. The molecule has 0 aliphatic carbocycles. The zero-order valence-corrected chi connectivity index (χ0v) is 18.2. The summed E-state index contributed by atoms with van der Waals surface area (Å²) in [6, 6.07) is 15.6. The first-order valence-corrected chi connectivity index (χ1v) is 11.6. The van der Waals surface area contributed by atoms with E-state index in [1.165, 1.54) is 4.70 Å². The first-order valence-electron chi connectivity index (χ1n) is 9.64. The van der Waals surface area contributed by atoms with Crippen molar-refractivity contribution in [2.45, 2.75) is 38.6 Å². The van der Waals surface area contributed by atoms with Crippen molar-refractivity contribution < 1.29 is 9.59 Å². The number of amides is 2. The number of thioether (sulfide) groups is 1. The summed E-state index contributed by atoms with van der Waals surface area (Å²) in [7, 11) is 0. The van der Waals surface area contributed by atoms with Gasteiger partial charge in [-0.15, -0.1) is 23.1 Å². The normalized spacial score (nSPS) is 11.9. The third kappa shape index (κ3) is 6.30. The number of benzene rings is 2. The summed E-state index contributed by atoms with van der Waals surface area (Å²) >= 11 is 3.22. The predicted octanol–water partition coefficient (Wildman–Crippen LogP) is 4.37. The molecule has 0 aliphatic rings. The molecule has 0 saturated heterocycles. The van der Waals surface area contributed by atoms with Gasteiger partial charge < -0.3 is 10.6 Å². The van der Waals surface area contributed by atoms with Gasteiger partial charge in [0, 0.05) is 23.9 Å². The topological polar surface area (TPSA) is 71.1 Å². The lowest BCUT2D eigenvalue weighted by molar-refractivity contribution is -0.118. The zero-order chi connectivity index (χ0) is 20.6. The molecule has 1 atom stereocenters. The van der Waals surface area contributed by atoms with Crippen molar-refractivity contribution >= 4 is 45.1 Å². The standard InChI is InChI=1S/C22H25N3O2S2/c1-3-15(2)24-22(27)17-8-6-7-16(11-17)12-23-20(26)13-28-14-21-25-18-9-4-5-10-19(18)29-21/h4-11,15H,3,12-14H2,1-2H3,(H,23,26)(H,24,27). The van der Waals surface area contributed by atoms with Crippen molar-refractivity contribution in [2.75, 3.05) is 5.75 Å². The van der Waals surface area contributed by atoms with Crippen LogP contribution in [0.3, 0.4) is 0 Å². The largest absolute Gasteiger partial charge is 0.351 e. The summed E-state index contributed by atoms with van der Waals surface area (Å²) < 4.78 is 1.17. The van der Waals surface area contributed by atoms with Crippen molar-refractivity contribution in [1.29, 1.82) is 0 Å². The number of carbonyl (C=O) groups is 2. The van der Waals surface area contributed by atoms with Gasteiger partial charge >= 0.3 is 0 Å². The van der Waals surface area contributed by atoms with E-state index in [1.54, 1.807) is 29.2 Å². The Balaban J connectivity index is 1.44. The highest BCUT2D eigenvalue weighted by atomic mass is 32.2. The first-order chi connectivity index (χ1) is 14.0. The molecular weight excluding hydrogens is 402 g/mol. The van der Waals surface area contributed by atoms with Crippen molar-refractivity contribution in [3.05, 3.63) is 64.7 Å². The Bertz CT molecular complexity index is 954. The van der Waals surface area contributed by atoms with Gasteiger partial charge in [0.25, 0.3) is 5.91 Å². The van der Waals surface area contributed by atoms with Crippen LogP contribution in [0.5, 0.6) is 0 Å². The van der Waals surface area contributed by atoms with Gasteiger partial charge in [-0.2, -0.15) is 0 Å². The van der Waals surface area contributed by atoms with Crippen molar-refractivity contribution in [3.8, 4) is 0 Å². The molecule has 1 heterocycles. The highest BCUT2D eigenvalue weighted by molar-refractivity contribution is 7.99. The van der Waals surface area contributed by atoms with E-state index in [0.717, 1.165) is 28.3 Å². The average molecular weight is 428 g/mol. The minimum Gasteiger partial charge on any atom is -0.351 e. The fourth-order valence-corrected chi connectivity index (χ4v) is 4.57. The number of carbonyl (C=O) groups excluding carboxylic acids is 2. The van der Waals surface area contributed by atoms with Crippen molar-refractivity contribution in [2.24, 2.45) is 0 Å². The van der Waals surface area contributed by atoms with Crippen LogP contribution in [0.2, 0.25) is 0 Å². The molecule has 0 fully saturated rings. The SMILES string of the molecule is CCC(C)NC(=O)c1cccc(CNC(=O)CSCc2nc3ccccc3s2)c1. The van der Waals surface area contributed by atoms with Gasteiger partial charge in [-0.05, 0) is 43.2 Å². The molecule has 152 valence electrons. The van der Waals surface area contributed by atoms with Crippen LogP contribution in [-0.2, 0) is 17.1 Å². The van der Waals surface area contributed by atoms with Gasteiger partial charge in [0.05, 0.1) is 16.0 Å². The third-order valence-corrected chi connectivity index (χ3v) is 6.63. The highest BCUT2D eigenvalue weighted by Crippen LogP contribution is 2.24. The molecule has 2 N–H and O–H groups in total. The van der Waals surface area contributed by atoms with Gasteiger partial charge in [0.1, 0.15) is 5.01 Å². The Morgan fingerprint density at radius 1 is 1.17 bits per heavy atom. The number of fused-ring (bicyclic) bond motifs is 1. The number of para-hydroxylation sites is 1. The number of nitrogens with zero attached hydrogens (tertiary/aromatic N) is 1. The Morgan fingerprint density at radius 2 is 2.00 bits per heavy atom. The highest BCUT2D eigenvalue weighted by Gasteiger charge is 2.10. The molecule has 1 unspecified atom stereocenters. The Morgan fingerprint density at radius 3 is 2.79 bits per heavy atom. The molecule has 0 radical (unpaired) electrons. The van der Waals surface area contributed by atoms with Gasteiger partial charge in [-0.25, -0.2) is 4.98 Å². The lowest BCUT2D eigenvalue weighted by atomic mass is 10.1. The van der Waals surface area contributed by atoms with Crippen LogP contribution in [0, 0.1) is 0 Å². The zero-order valence-electron chi connectivity index (χ0n) is 16.6. The van der Waals surface area contributed by atoms with Crippen LogP contribution in [0.25, 0.3) is 10.2 Å². The lowest BCUT2D eigenvalue weighted by Gasteiger charge is -2.12. The van der Waals surface area contributed by atoms with E-state index in [9.17, 15) is 9.59 Å². The van der Waals surface area contributed by atoms with Crippen LogP contribution in [0.4, 0.5) is 0 Å². The molecular formula is C22H25N3O2S2. The fraction of sp³-hybridized carbons (Fsp3) is 0.318. The summed E-state index contributed by atoms with van der Waals surface area (Å²) in [5.74, 6) is 0.992. The van der Waals surface area contributed by atoms with Crippen molar-refractivity contribution in [1.82, 2.24) is 15.6 Å². The number of thiazole rings is 1. The maximum Gasteiger partial charge on any atom is 0.251 e. The third-order valence-electron chi connectivity index (χ3n) is 4.47. The minimum atomic E-state index is -0.0843. The number of aromatic nitrogens is 1. The molecule has 0 saturated carbocycles. The Hall–Kier alpha value is -2.38. The molecule has 29 heavy (non-hydrogen) atoms. The van der Waals surface area contributed by atoms with E-state index in [-0.39, 0.29) is 17.9 Å². The molecule has 5 nitrogen and oxygen atoms in total. The number of nitrogens with one attached hydrogen (secondary N) is 2. The second kappa shape index (κ2) is 10.4. The molecule has 3 aromatic rings. The van der Waals surface area contributed by atoms with Crippen LogP contribution in [0.15, 0.2) is 48.5 Å². The maximum absolute atomic E-state index is 12.2. The summed E-state index contributed by atoms with van der Waals surface area (Å²) in [4.78, 5) is 29.0. The van der Waals surface area contributed by atoms with E-state index in [1.807, 2.05) is 50.2 Å². The fourth-order valence-electron chi connectivity index (χ4n) is 2.70. The van der Waals surface area contributed by atoms with Crippen LogP contribution < -0.4 is 10.6 Å². The predicted molar refractivity (Wildman–Crippen MR) is 121 cm³/mol. The molecule has 0 aliphatic heterocycles. The molecule has 3 rings (SSSR count). The second-order valence-corrected chi connectivity index (χ2v) is 8.93. The van der Waals surface area contributed by atoms with Crippen LogP contribution in [-0.4, -0.2) is 28.6 Å². The van der Waals surface area contributed by atoms with Crippen LogP contribution in [0.1, 0.15) is 41.2 Å². The molecule has 2 amide bonds. The number of hydrogen-bond acceptors (Lipinski definition) is 5. The van der Waals surface area contributed by atoms with Gasteiger partial charge in [0.15, 0.2) is 0 Å². The van der Waals surface area contributed by atoms with Gasteiger partial charge in [-0.1, -0.05) is 31.2 Å². The molecule has 0 bridgehead atoms. The monoisotopic (exact) mass is 427 g/mol. The minimum absolute atomic E-state index is 0.0226. The van der Waals surface area contributed by atoms with Gasteiger partial charge in [-0.3, -0.25) is 9.59 Å². The Labute approximate surface area is 179 Å². The number of rotatable bonds is 9. The smallest absolute Gasteiger partial charge is 0.251 e. The molecule has 7 heteroatoms. The summed E-state index contributed by atoms with van der Waals surface area (Å²) in [5.41, 5.74) is 2.53. The van der Waals surface area contributed by atoms with E-state index in [2.05, 4.69) is 21.7 Å². The summed E-state index contributed by atoms with van der Waals surface area (Å²) in [6.45, 7) is 4.42. The van der Waals surface area contributed by atoms with E-state index in [0.29, 0.717) is 17.9 Å². The number of hydrogen-bond donors (Lipinski definition) is 2.